The van der Waals surface area contributed by atoms with Gasteiger partial charge in [-0.15, -0.1) is 10.2 Å². The number of aryl methyl sites for hydroxylation is 1. The van der Waals surface area contributed by atoms with Crippen LogP contribution in [-0.4, -0.2) is 33.5 Å². The minimum Gasteiger partial charge on any atom is -0.497 e. The van der Waals surface area contributed by atoms with E-state index in [1.165, 1.54) is 22.9 Å². The van der Waals surface area contributed by atoms with Crippen molar-refractivity contribution in [3.8, 4) is 17.1 Å². The lowest BCUT2D eigenvalue weighted by atomic mass is 9.88. The SMILES string of the molecule is COc1cccc(-c2nnc(SCC(=O)NC3CCCc4ccccc43)n2C)c1. The second-order valence-corrected chi connectivity index (χ2v) is 8.04. The molecule has 1 heterocycles. The number of hydrogen-bond donors (Lipinski definition) is 1. The Morgan fingerprint density at radius 1 is 1.24 bits per heavy atom. The van der Waals surface area contributed by atoms with Gasteiger partial charge < -0.3 is 14.6 Å². The van der Waals surface area contributed by atoms with Crippen LogP contribution < -0.4 is 10.1 Å². The van der Waals surface area contributed by atoms with E-state index in [1.807, 2.05) is 41.9 Å². The van der Waals surface area contributed by atoms with Crippen molar-refractivity contribution in [2.75, 3.05) is 12.9 Å². The normalized spacial score (nSPS) is 15.6. The van der Waals surface area contributed by atoms with Crippen LogP contribution in [0.3, 0.4) is 0 Å². The van der Waals surface area contributed by atoms with Gasteiger partial charge in [0.2, 0.25) is 5.91 Å². The van der Waals surface area contributed by atoms with Gasteiger partial charge in [-0.25, -0.2) is 0 Å². The summed E-state index contributed by atoms with van der Waals surface area (Å²) in [7, 11) is 3.55. The molecule has 6 nitrogen and oxygen atoms in total. The number of carbonyl (C=O) groups is 1. The van der Waals surface area contributed by atoms with Crippen LogP contribution in [0.25, 0.3) is 11.4 Å². The van der Waals surface area contributed by atoms with Gasteiger partial charge >= 0.3 is 0 Å². The standard InChI is InChI=1S/C22H24N4O2S/c1-26-21(16-9-5-10-17(13-16)28-2)24-25-22(26)29-14-20(27)23-19-12-6-8-15-7-3-4-11-18(15)19/h3-5,7,9-11,13,19H,6,8,12,14H2,1-2H3,(H,23,27). The highest BCUT2D eigenvalue weighted by Gasteiger charge is 2.22. The number of thioether (sulfide) groups is 1. The summed E-state index contributed by atoms with van der Waals surface area (Å²) in [6.07, 6.45) is 3.17. The highest BCUT2D eigenvalue weighted by atomic mass is 32.2. The maximum atomic E-state index is 12.6. The van der Waals surface area contributed by atoms with Crippen LogP contribution in [0, 0.1) is 0 Å². The lowest BCUT2D eigenvalue weighted by Crippen LogP contribution is -2.32. The maximum Gasteiger partial charge on any atom is 0.230 e. The first-order valence-electron chi connectivity index (χ1n) is 9.69. The van der Waals surface area contributed by atoms with Gasteiger partial charge in [-0.05, 0) is 42.5 Å². The minimum absolute atomic E-state index is 0.0163. The summed E-state index contributed by atoms with van der Waals surface area (Å²) in [5.41, 5.74) is 3.51. The molecule has 0 fully saturated rings. The molecular weight excluding hydrogens is 384 g/mol. The van der Waals surface area contributed by atoms with Gasteiger partial charge in [0.05, 0.1) is 18.9 Å². The Morgan fingerprint density at radius 3 is 2.97 bits per heavy atom. The molecule has 1 aliphatic rings. The third-order valence-corrected chi connectivity index (χ3v) is 6.22. The number of amides is 1. The smallest absolute Gasteiger partial charge is 0.230 e. The van der Waals surface area contributed by atoms with Crippen LogP contribution in [0.5, 0.6) is 5.75 Å². The topological polar surface area (TPSA) is 69.0 Å². The Bertz CT molecular complexity index is 1020. The summed E-state index contributed by atoms with van der Waals surface area (Å²) >= 11 is 1.40. The van der Waals surface area contributed by atoms with E-state index in [2.05, 4.69) is 33.7 Å². The maximum absolute atomic E-state index is 12.6. The van der Waals surface area contributed by atoms with Crippen LogP contribution in [0.4, 0.5) is 0 Å². The highest BCUT2D eigenvalue weighted by Crippen LogP contribution is 2.30. The Kier molecular flexibility index (Phi) is 5.85. The zero-order valence-electron chi connectivity index (χ0n) is 16.6. The van der Waals surface area contributed by atoms with Gasteiger partial charge in [0, 0.05) is 12.6 Å². The second kappa shape index (κ2) is 8.69. The van der Waals surface area contributed by atoms with E-state index >= 15 is 0 Å². The second-order valence-electron chi connectivity index (χ2n) is 7.10. The zero-order chi connectivity index (χ0) is 20.2. The average Bonchev–Trinajstić information content (AvgIpc) is 3.13. The van der Waals surface area contributed by atoms with Crippen molar-refractivity contribution in [2.45, 2.75) is 30.5 Å². The third kappa shape index (κ3) is 4.29. The van der Waals surface area contributed by atoms with Crippen molar-refractivity contribution < 1.29 is 9.53 Å². The van der Waals surface area contributed by atoms with Crippen LogP contribution in [0.15, 0.2) is 53.7 Å². The summed E-state index contributed by atoms with van der Waals surface area (Å²) in [6.45, 7) is 0. The molecule has 1 aromatic heterocycles. The van der Waals surface area contributed by atoms with Gasteiger partial charge in [0.1, 0.15) is 5.75 Å². The van der Waals surface area contributed by atoms with Gasteiger partial charge in [0.25, 0.3) is 0 Å². The fourth-order valence-electron chi connectivity index (χ4n) is 3.72. The monoisotopic (exact) mass is 408 g/mol. The number of hydrogen-bond acceptors (Lipinski definition) is 5. The Balaban J connectivity index is 1.40. The molecule has 0 bridgehead atoms. The molecule has 1 aliphatic carbocycles. The molecule has 1 amide bonds. The molecule has 2 aromatic carbocycles. The largest absolute Gasteiger partial charge is 0.497 e. The number of ether oxygens (including phenoxy) is 1. The van der Waals surface area contributed by atoms with Crippen LogP contribution in [0.2, 0.25) is 0 Å². The average molecular weight is 409 g/mol. The predicted molar refractivity (Wildman–Crippen MR) is 114 cm³/mol. The van der Waals surface area contributed by atoms with E-state index < -0.39 is 0 Å². The fraction of sp³-hybridized carbons (Fsp3) is 0.318. The molecule has 150 valence electrons. The first-order chi connectivity index (χ1) is 14.2. The Morgan fingerprint density at radius 2 is 2.10 bits per heavy atom. The number of fused-ring (bicyclic) bond motifs is 1. The number of nitrogens with zero attached hydrogens (tertiary/aromatic N) is 3. The first-order valence-corrected chi connectivity index (χ1v) is 10.7. The number of methoxy groups -OCH3 is 1. The van der Waals surface area contributed by atoms with Crippen molar-refractivity contribution in [3.63, 3.8) is 0 Å². The van der Waals surface area contributed by atoms with Gasteiger partial charge in [0.15, 0.2) is 11.0 Å². The molecule has 0 spiro atoms. The van der Waals surface area contributed by atoms with E-state index in [1.54, 1.807) is 7.11 Å². The predicted octanol–water partition coefficient (Wildman–Crippen LogP) is 3.78. The molecule has 1 N–H and O–H groups in total. The van der Waals surface area contributed by atoms with Crippen LogP contribution in [-0.2, 0) is 18.3 Å². The van der Waals surface area contributed by atoms with Crippen molar-refractivity contribution in [2.24, 2.45) is 7.05 Å². The number of nitrogens with one attached hydrogen (secondary N) is 1. The van der Waals surface area contributed by atoms with Crippen LogP contribution >= 0.6 is 11.8 Å². The lowest BCUT2D eigenvalue weighted by molar-refractivity contribution is -0.119. The number of benzene rings is 2. The first kappa shape index (κ1) is 19.5. The summed E-state index contributed by atoms with van der Waals surface area (Å²) in [6, 6.07) is 16.2. The quantitative estimate of drug-likeness (QED) is 0.629. The minimum atomic E-state index is 0.0163. The van der Waals surface area contributed by atoms with Crippen molar-refractivity contribution in [1.82, 2.24) is 20.1 Å². The molecule has 0 radical (unpaired) electrons. The lowest BCUT2D eigenvalue weighted by Gasteiger charge is -2.26. The van der Waals surface area contributed by atoms with Gasteiger partial charge in [-0.1, -0.05) is 48.2 Å². The molecule has 3 aromatic rings. The number of aromatic nitrogens is 3. The van der Waals surface area contributed by atoms with Crippen molar-refractivity contribution in [1.29, 1.82) is 0 Å². The molecule has 1 unspecified atom stereocenters. The fourth-order valence-corrected chi connectivity index (χ4v) is 4.45. The van der Waals surface area contributed by atoms with E-state index in [-0.39, 0.29) is 11.9 Å². The molecule has 0 aliphatic heterocycles. The molecule has 0 saturated carbocycles. The number of carbonyl (C=O) groups excluding carboxylic acids is 1. The molecular formula is C22H24N4O2S. The third-order valence-electron chi connectivity index (χ3n) is 5.20. The summed E-state index contributed by atoms with van der Waals surface area (Å²) in [4.78, 5) is 12.6. The molecule has 7 heteroatoms. The van der Waals surface area contributed by atoms with E-state index in [9.17, 15) is 4.79 Å². The van der Waals surface area contributed by atoms with E-state index in [0.29, 0.717) is 10.9 Å². The highest BCUT2D eigenvalue weighted by molar-refractivity contribution is 7.99. The summed E-state index contributed by atoms with van der Waals surface area (Å²) in [5.74, 6) is 1.84. The van der Waals surface area contributed by atoms with Gasteiger partial charge in [-0.2, -0.15) is 0 Å². The van der Waals surface area contributed by atoms with Gasteiger partial charge in [-0.3, -0.25) is 4.79 Å². The molecule has 1 atom stereocenters. The van der Waals surface area contributed by atoms with E-state index in [0.717, 1.165) is 36.4 Å². The Labute approximate surface area is 174 Å². The summed E-state index contributed by atoms with van der Waals surface area (Å²) in [5, 5.41) is 12.4. The number of rotatable bonds is 6. The zero-order valence-corrected chi connectivity index (χ0v) is 17.4. The molecule has 29 heavy (non-hydrogen) atoms. The Hall–Kier alpha value is -2.80. The van der Waals surface area contributed by atoms with Crippen molar-refractivity contribution >= 4 is 17.7 Å². The summed E-state index contributed by atoms with van der Waals surface area (Å²) < 4.78 is 7.19. The van der Waals surface area contributed by atoms with Crippen LogP contribution in [0.1, 0.15) is 30.0 Å². The molecule has 0 saturated heterocycles. The van der Waals surface area contributed by atoms with Crippen molar-refractivity contribution in [3.05, 3.63) is 59.7 Å². The molecule has 4 rings (SSSR count). The van der Waals surface area contributed by atoms with E-state index in [4.69, 9.17) is 4.74 Å².